The summed E-state index contributed by atoms with van der Waals surface area (Å²) >= 11 is 6.25. The van der Waals surface area contributed by atoms with Crippen LogP contribution in [0, 0.1) is 0 Å². The third-order valence-corrected chi connectivity index (χ3v) is 3.98. The number of hydrogen-bond donors (Lipinski definition) is 2. The molecule has 3 nitrogen and oxygen atoms in total. The summed E-state index contributed by atoms with van der Waals surface area (Å²) in [5.41, 5.74) is 6.65. The van der Waals surface area contributed by atoms with Gasteiger partial charge in [0.25, 0.3) is 5.91 Å². The smallest absolute Gasteiger partial charge is 0.250 e. The lowest BCUT2D eigenvalue weighted by molar-refractivity contribution is -0.126. The minimum atomic E-state index is -1.28. The number of aliphatic hydroxyl groups excluding tert-OH is 1. The predicted octanol–water partition coefficient (Wildman–Crippen LogP) is 2.91. The molecule has 3 N–H and O–H groups in total. The lowest BCUT2D eigenvalue weighted by Gasteiger charge is -2.23. The van der Waals surface area contributed by atoms with Gasteiger partial charge in [0, 0.05) is 5.02 Å². The van der Waals surface area contributed by atoms with Crippen LogP contribution in [-0.2, 0) is 4.79 Å². The summed E-state index contributed by atoms with van der Waals surface area (Å²) in [7, 11) is 0. The summed E-state index contributed by atoms with van der Waals surface area (Å²) in [6.07, 6.45) is 4.84. The molecule has 1 aliphatic carbocycles. The van der Waals surface area contributed by atoms with Crippen molar-refractivity contribution in [2.45, 2.75) is 44.1 Å². The van der Waals surface area contributed by atoms with Crippen LogP contribution in [0.25, 0.3) is 0 Å². The van der Waals surface area contributed by atoms with Crippen molar-refractivity contribution >= 4 is 17.5 Å². The van der Waals surface area contributed by atoms with E-state index in [1.807, 2.05) is 6.07 Å². The molecule has 0 saturated heterocycles. The first-order valence-electron chi connectivity index (χ1n) is 6.36. The molecule has 0 heterocycles. The minimum Gasteiger partial charge on any atom is -0.378 e. The van der Waals surface area contributed by atoms with Gasteiger partial charge >= 0.3 is 0 Å². The molecule has 4 heteroatoms. The van der Waals surface area contributed by atoms with E-state index in [-0.39, 0.29) is 0 Å². The number of benzene rings is 1. The van der Waals surface area contributed by atoms with Gasteiger partial charge in [-0.25, -0.2) is 0 Å². The molecule has 0 radical (unpaired) electrons. The van der Waals surface area contributed by atoms with Crippen molar-refractivity contribution < 1.29 is 9.90 Å². The van der Waals surface area contributed by atoms with E-state index >= 15 is 0 Å². The van der Waals surface area contributed by atoms with E-state index in [0.717, 1.165) is 18.4 Å². The van der Waals surface area contributed by atoms with Gasteiger partial charge in [-0.3, -0.25) is 4.79 Å². The Morgan fingerprint density at radius 3 is 2.56 bits per heavy atom. The SMILES string of the molecule is NC(=O)[C@H](O)c1ccc(C2CCCCC2)c(Cl)c1. The van der Waals surface area contributed by atoms with Crippen molar-refractivity contribution in [1.82, 2.24) is 0 Å². The molecule has 1 saturated carbocycles. The molecule has 0 aromatic heterocycles. The molecular formula is C14H18ClNO2. The maximum Gasteiger partial charge on any atom is 0.250 e. The van der Waals surface area contributed by atoms with Crippen LogP contribution >= 0.6 is 11.6 Å². The van der Waals surface area contributed by atoms with E-state index < -0.39 is 12.0 Å². The number of halogens is 1. The molecule has 1 fully saturated rings. The Hall–Kier alpha value is -1.06. The first-order chi connectivity index (χ1) is 8.59. The van der Waals surface area contributed by atoms with E-state index in [1.54, 1.807) is 12.1 Å². The number of aliphatic hydroxyl groups is 1. The second kappa shape index (κ2) is 5.72. The maximum atomic E-state index is 10.9. The Balaban J connectivity index is 2.21. The number of amides is 1. The normalized spacial score (nSPS) is 18.6. The fourth-order valence-corrected chi connectivity index (χ4v) is 2.97. The summed E-state index contributed by atoms with van der Waals surface area (Å²) in [5, 5.41) is 10.2. The monoisotopic (exact) mass is 267 g/mol. The van der Waals surface area contributed by atoms with Crippen molar-refractivity contribution in [3.63, 3.8) is 0 Å². The van der Waals surface area contributed by atoms with Gasteiger partial charge in [0.1, 0.15) is 0 Å². The molecule has 0 bridgehead atoms. The Labute approximate surface area is 112 Å². The van der Waals surface area contributed by atoms with Gasteiger partial charge in [-0.05, 0) is 36.0 Å². The highest BCUT2D eigenvalue weighted by Crippen LogP contribution is 2.37. The van der Waals surface area contributed by atoms with Crippen LogP contribution < -0.4 is 5.73 Å². The number of rotatable bonds is 3. The van der Waals surface area contributed by atoms with Crippen molar-refractivity contribution in [3.8, 4) is 0 Å². The molecule has 2 rings (SSSR count). The number of nitrogens with two attached hydrogens (primary N) is 1. The van der Waals surface area contributed by atoms with Gasteiger partial charge in [0.05, 0.1) is 0 Å². The van der Waals surface area contributed by atoms with Gasteiger partial charge in [0.2, 0.25) is 0 Å². The minimum absolute atomic E-state index is 0.465. The van der Waals surface area contributed by atoms with E-state index in [1.165, 1.54) is 19.3 Å². The molecule has 1 aromatic rings. The van der Waals surface area contributed by atoms with Gasteiger partial charge < -0.3 is 10.8 Å². The molecule has 1 amide bonds. The first kappa shape index (κ1) is 13.4. The van der Waals surface area contributed by atoms with Crippen LogP contribution in [0.15, 0.2) is 18.2 Å². The van der Waals surface area contributed by atoms with Crippen molar-refractivity contribution in [2.24, 2.45) is 5.73 Å². The standard InChI is InChI=1S/C14H18ClNO2/c15-12-8-10(13(17)14(16)18)6-7-11(12)9-4-2-1-3-5-9/h6-9,13,17H,1-5H2,(H2,16,18)/t13-/m1/s1. The molecular weight excluding hydrogens is 250 g/mol. The van der Waals surface area contributed by atoms with Gasteiger partial charge in [-0.1, -0.05) is 43.0 Å². The number of carbonyl (C=O) groups is 1. The largest absolute Gasteiger partial charge is 0.378 e. The lowest BCUT2D eigenvalue weighted by Crippen LogP contribution is -2.20. The molecule has 0 spiro atoms. The number of primary amides is 1. The third kappa shape index (κ3) is 2.85. The molecule has 18 heavy (non-hydrogen) atoms. The van der Waals surface area contributed by atoms with Crippen LogP contribution in [0.1, 0.15) is 55.3 Å². The van der Waals surface area contributed by atoms with Crippen LogP contribution in [0.2, 0.25) is 5.02 Å². The van der Waals surface area contributed by atoms with Crippen LogP contribution in [0.5, 0.6) is 0 Å². The summed E-state index contributed by atoms with van der Waals surface area (Å²) < 4.78 is 0. The van der Waals surface area contributed by atoms with Crippen molar-refractivity contribution in [1.29, 1.82) is 0 Å². The van der Waals surface area contributed by atoms with Crippen LogP contribution in [0.4, 0.5) is 0 Å². The van der Waals surface area contributed by atoms with Crippen molar-refractivity contribution in [2.75, 3.05) is 0 Å². The second-order valence-electron chi connectivity index (χ2n) is 4.92. The zero-order chi connectivity index (χ0) is 13.1. The topological polar surface area (TPSA) is 63.3 Å². The maximum absolute atomic E-state index is 10.9. The quantitative estimate of drug-likeness (QED) is 0.884. The summed E-state index contributed by atoms with van der Waals surface area (Å²) in [4.78, 5) is 10.9. The molecule has 1 atom stereocenters. The molecule has 0 aliphatic heterocycles. The summed E-state index contributed by atoms with van der Waals surface area (Å²) in [6.45, 7) is 0. The predicted molar refractivity (Wildman–Crippen MR) is 71.4 cm³/mol. The first-order valence-corrected chi connectivity index (χ1v) is 6.74. The Kier molecular flexibility index (Phi) is 4.25. The zero-order valence-corrected chi connectivity index (χ0v) is 11.0. The highest BCUT2D eigenvalue weighted by Gasteiger charge is 2.20. The Morgan fingerprint density at radius 2 is 2.00 bits per heavy atom. The van der Waals surface area contributed by atoms with Gasteiger partial charge in [-0.15, -0.1) is 0 Å². The van der Waals surface area contributed by atoms with Gasteiger partial charge in [-0.2, -0.15) is 0 Å². The average Bonchev–Trinajstić information content (AvgIpc) is 2.38. The highest BCUT2D eigenvalue weighted by atomic mass is 35.5. The van der Waals surface area contributed by atoms with Gasteiger partial charge in [0.15, 0.2) is 6.10 Å². The van der Waals surface area contributed by atoms with Crippen LogP contribution in [-0.4, -0.2) is 11.0 Å². The summed E-state index contributed by atoms with van der Waals surface area (Å²) in [6, 6.07) is 5.31. The fraction of sp³-hybridized carbons (Fsp3) is 0.500. The molecule has 98 valence electrons. The highest BCUT2D eigenvalue weighted by molar-refractivity contribution is 6.31. The number of carbonyl (C=O) groups excluding carboxylic acids is 1. The fourth-order valence-electron chi connectivity index (χ4n) is 2.62. The van der Waals surface area contributed by atoms with E-state index in [2.05, 4.69) is 0 Å². The molecule has 1 aromatic carbocycles. The average molecular weight is 268 g/mol. The third-order valence-electron chi connectivity index (χ3n) is 3.65. The number of hydrogen-bond acceptors (Lipinski definition) is 2. The van der Waals surface area contributed by atoms with E-state index in [9.17, 15) is 9.90 Å². The lowest BCUT2D eigenvalue weighted by atomic mass is 9.83. The molecule has 1 aliphatic rings. The molecule has 0 unspecified atom stereocenters. The van der Waals surface area contributed by atoms with E-state index in [4.69, 9.17) is 17.3 Å². The van der Waals surface area contributed by atoms with Crippen LogP contribution in [0.3, 0.4) is 0 Å². The summed E-state index contributed by atoms with van der Waals surface area (Å²) in [5.74, 6) is -0.248. The zero-order valence-electron chi connectivity index (χ0n) is 10.2. The Bertz CT molecular complexity index is 441. The van der Waals surface area contributed by atoms with Crippen molar-refractivity contribution in [3.05, 3.63) is 34.3 Å². The van der Waals surface area contributed by atoms with E-state index in [0.29, 0.717) is 16.5 Å². The second-order valence-corrected chi connectivity index (χ2v) is 5.33. The Morgan fingerprint density at radius 1 is 1.33 bits per heavy atom.